The molecule has 1 unspecified atom stereocenters. The molecule has 1 amide bonds. The van der Waals surface area contributed by atoms with E-state index in [4.69, 9.17) is 21.1 Å². The average Bonchev–Trinajstić information content (AvgIpc) is 3.38. The Balaban J connectivity index is 1.78. The number of carbonyl (C=O) groups is 2. The van der Waals surface area contributed by atoms with Crippen molar-refractivity contribution in [2.24, 2.45) is 7.05 Å². The van der Waals surface area contributed by atoms with Gasteiger partial charge in [-0.15, -0.1) is 0 Å². The van der Waals surface area contributed by atoms with Crippen molar-refractivity contribution < 1.29 is 24.2 Å². The molecular weight excluding hydrogens is 504 g/mol. The second-order valence-corrected chi connectivity index (χ2v) is 9.32. The number of hydrogen-bond donors (Lipinski definition) is 1. The Morgan fingerprint density at radius 1 is 0.974 bits per heavy atom. The van der Waals surface area contributed by atoms with E-state index in [0.29, 0.717) is 46.5 Å². The highest BCUT2D eigenvalue weighted by Crippen LogP contribution is 2.46. The summed E-state index contributed by atoms with van der Waals surface area (Å²) in [5.74, 6) is -0.920. The molecule has 1 N–H and O–H groups in total. The van der Waals surface area contributed by atoms with Crippen molar-refractivity contribution in [2.75, 3.05) is 18.1 Å². The molecule has 38 heavy (non-hydrogen) atoms. The zero-order valence-electron chi connectivity index (χ0n) is 21.3. The Morgan fingerprint density at radius 3 is 2.39 bits per heavy atom. The first-order chi connectivity index (χ1) is 18.3. The molecule has 8 heteroatoms. The number of carbonyl (C=O) groups excluding carboxylic acids is 2. The SMILES string of the molecule is CCOc1ccc(/C(O)=C2\C(=O)C(=O)N(c3ccc(Cl)cc3)C2c2cn(C)c3ccccc23)c(OCC)c1. The molecule has 4 aromatic rings. The summed E-state index contributed by atoms with van der Waals surface area (Å²) in [6.07, 6.45) is 1.89. The number of rotatable bonds is 7. The molecule has 2 heterocycles. The van der Waals surface area contributed by atoms with Crippen molar-refractivity contribution in [3.05, 3.63) is 94.6 Å². The van der Waals surface area contributed by atoms with E-state index in [-0.39, 0.29) is 11.3 Å². The summed E-state index contributed by atoms with van der Waals surface area (Å²) < 4.78 is 13.3. The van der Waals surface area contributed by atoms with Gasteiger partial charge in [-0.2, -0.15) is 0 Å². The first-order valence-corrected chi connectivity index (χ1v) is 12.7. The maximum absolute atomic E-state index is 13.6. The third-order valence-electron chi connectivity index (χ3n) is 6.59. The highest BCUT2D eigenvalue weighted by atomic mass is 35.5. The van der Waals surface area contributed by atoms with Gasteiger partial charge in [0.15, 0.2) is 0 Å². The molecule has 0 saturated carbocycles. The van der Waals surface area contributed by atoms with Crippen molar-refractivity contribution in [3.63, 3.8) is 0 Å². The summed E-state index contributed by atoms with van der Waals surface area (Å²) in [4.78, 5) is 28.6. The Hall–Kier alpha value is -4.23. The van der Waals surface area contributed by atoms with Crippen LogP contribution in [0.15, 0.2) is 78.5 Å². The van der Waals surface area contributed by atoms with E-state index >= 15 is 0 Å². The number of aromatic nitrogens is 1. The van der Waals surface area contributed by atoms with Crippen LogP contribution in [0.25, 0.3) is 16.7 Å². The van der Waals surface area contributed by atoms with Gasteiger partial charge in [0.25, 0.3) is 11.7 Å². The van der Waals surface area contributed by atoms with E-state index in [1.165, 1.54) is 4.90 Å². The lowest BCUT2D eigenvalue weighted by molar-refractivity contribution is -0.132. The van der Waals surface area contributed by atoms with Gasteiger partial charge in [0.2, 0.25) is 0 Å². The van der Waals surface area contributed by atoms with Gasteiger partial charge < -0.3 is 19.1 Å². The maximum Gasteiger partial charge on any atom is 0.300 e. The summed E-state index contributed by atoms with van der Waals surface area (Å²) >= 11 is 6.11. The fourth-order valence-corrected chi connectivity index (χ4v) is 5.09. The Kier molecular flexibility index (Phi) is 6.87. The second kappa shape index (κ2) is 10.3. The standard InChI is InChI=1S/C30H27ClN2O5/c1-4-37-20-14-15-22(25(16-20)38-5-2)28(34)26-27(23-17-32(3)24-9-7-6-8-21(23)24)33(30(36)29(26)35)19-12-10-18(31)11-13-19/h6-17,27,34H,4-5H2,1-3H3/b28-26+. The van der Waals surface area contributed by atoms with Crippen molar-refractivity contribution >= 4 is 45.6 Å². The molecule has 0 radical (unpaired) electrons. The van der Waals surface area contributed by atoms with Gasteiger partial charge in [0, 0.05) is 46.5 Å². The molecule has 1 atom stereocenters. The number of aryl methyl sites for hydroxylation is 1. The zero-order valence-corrected chi connectivity index (χ0v) is 22.0. The Bertz CT molecular complexity index is 1570. The van der Waals surface area contributed by atoms with E-state index in [2.05, 4.69) is 0 Å². The minimum absolute atomic E-state index is 0.0218. The number of aliphatic hydroxyl groups excluding tert-OH is 1. The van der Waals surface area contributed by atoms with E-state index in [9.17, 15) is 14.7 Å². The highest BCUT2D eigenvalue weighted by molar-refractivity contribution is 6.52. The molecule has 1 aliphatic heterocycles. The van der Waals surface area contributed by atoms with Crippen LogP contribution >= 0.6 is 11.6 Å². The van der Waals surface area contributed by atoms with E-state index in [1.807, 2.05) is 55.9 Å². The van der Waals surface area contributed by atoms with Crippen molar-refractivity contribution in [1.82, 2.24) is 4.57 Å². The van der Waals surface area contributed by atoms with Gasteiger partial charge >= 0.3 is 0 Å². The summed E-state index contributed by atoms with van der Waals surface area (Å²) in [6.45, 7) is 4.50. The third-order valence-corrected chi connectivity index (χ3v) is 6.84. The fourth-order valence-electron chi connectivity index (χ4n) is 4.96. The quantitative estimate of drug-likeness (QED) is 0.173. The molecule has 1 aliphatic rings. The molecule has 7 nitrogen and oxygen atoms in total. The van der Waals surface area contributed by atoms with Crippen molar-refractivity contribution in [1.29, 1.82) is 0 Å². The number of ketones is 1. The lowest BCUT2D eigenvalue weighted by Gasteiger charge is -2.25. The van der Waals surface area contributed by atoms with Crippen LogP contribution in [0.5, 0.6) is 11.5 Å². The number of para-hydroxylation sites is 1. The van der Waals surface area contributed by atoms with Crippen LogP contribution < -0.4 is 14.4 Å². The molecule has 3 aromatic carbocycles. The van der Waals surface area contributed by atoms with E-state index < -0.39 is 17.7 Å². The molecule has 5 rings (SSSR count). The van der Waals surface area contributed by atoms with E-state index in [0.717, 1.165) is 10.9 Å². The normalized spacial score (nSPS) is 16.8. The van der Waals surface area contributed by atoms with Gasteiger partial charge in [0.05, 0.1) is 30.4 Å². The molecule has 0 bridgehead atoms. The number of aliphatic hydroxyl groups is 1. The maximum atomic E-state index is 13.6. The van der Waals surface area contributed by atoms with Gasteiger partial charge in [-0.25, -0.2) is 0 Å². The first kappa shape index (κ1) is 25.4. The third kappa shape index (κ3) is 4.29. The summed E-state index contributed by atoms with van der Waals surface area (Å²) in [6, 6.07) is 18.6. The number of amides is 1. The van der Waals surface area contributed by atoms with Gasteiger partial charge in [0.1, 0.15) is 17.3 Å². The summed E-state index contributed by atoms with van der Waals surface area (Å²) in [5, 5.41) is 13.1. The predicted octanol–water partition coefficient (Wildman–Crippen LogP) is 6.26. The monoisotopic (exact) mass is 530 g/mol. The van der Waals surface area contributed by atoms with Gasteiger partial charge in [-0.1, -0.05) is 29.8 Å². The molecule has 1 saturated heterocycles. The largest absolute Gasteiger partial charge is 0.507 e. The number of hydrogen-bond acceptors (Lipinski definition) is 5. The summed E-state index contributed by atoms with van der Waals surface area (Å²) in [5.41, 5.74) is 2.41. The van der Waals surface area contributed by atoms with Crippen LogP contribution in [0.3, 0.4) is 0 Å². The van der Waals surface area contributed by atoms with Crippen LogP contribution in [0.2, 0.25) is 5.02 Å². The zero-order chi connectivity index (χ0) is 27.0. The number of anilines is 1. The van der Waals surface area contributed by atoms with Crippen LogP contribution in [0, 0.1) is 0 Å². The number of benzene rings is 3. The van der Waals surface area contributed by atoms with Crippen LogP contribution in [0.4, 0.5) is 5.69 Å². The smallest absolute Gasteiger partial charge is 0.300 e. The Labute approximate surface area is 225 Å². The molecule has 0 spiro atoms. The fraction of sp³-hybridized carbons (Fsp3) is 0.200. The lowest BCUT2D eigenvalue weighted by atomic mass is 9.94. The number of ether oxygens (including phenoxy) is 2. The average molecular weight is 531 g/mol. The highest BCUT2D eigenvalue weighted by Gasteiger charge is 2.48. The van der Waals surface area contributed by atoms with Crippen molar-refractivity contribution in [2.45, 2.75) is 19.9 Å². The topological polar surface area (TPSA) is 81.0 Å². The number of Topliss-reactive ketones (excluding diaryl/α,β-unsaturated/α-hetero) is 1. The minimum atomic E-state index is -0.886. The molecular formula is C30H27ClN2O5. The first-order valence-electron chi connectivity index (χ1n) is 12.4. The van der Waals surface area contributed by atoms with Crippen LogP contribution in [0.1, 0.15) is 31.0 Å². The van der Waals surface area contributed by atoms with Crippen LogP contribution in [-0.4, -0.2) is 34.6 Å². The lowest BCUT2D eigenvalue weighted by Crippen LogP contribution is -2.29. The van der Waals surface area contributed by atoms with Crippen molar-refractivity contribution in [3.8, 4) is 11.5 Å². The molecule has 194 valence electrons. The Morgan fingerprint density at radius 2 is 1.68 bits per heavy atom. The van der Waals surface area contributed by atoms with Gasteiger partial charge in [-0.05, 0) is 56.3 Å². The molecule has 0 aliphatic carbocycles. The predicted molar refractivity (Wildman–Crippen MR) is 148 cm³/mol. The molecule has 1 fully saturated rings. The number of nitrogens with zero attached hydrogens (tertiary/aromatic N) is 2. The second-order valence-electron chi connectivity index (χ2n) is 8.88. The number of halogens is 1. The molecule has 1 aromatic heterocycles. The van der Waals surface area contributed by atoms with Gasteiger partial charge in [-0.3, -0.25) is 14.5 Å². The van der Waals surface area contributed by atoms with Crippen LogP contribution in [-0.2, 0) is 16.6 Å². The number of fused-ring (bicyclic) bond motifs is 1. The minimum Gasteiger partial charge on any atom is -0.507 e. The summed E-state index contributed by atoms with van der Waals surface area (Å²) in [7, 11) is 1.90. The van der Waals surface area contributed by atoms with E-state index in [1.54, 1.807) is 42.5 Å².